The average Bonchev–Trinajstić information content (AvgIpc) is 2.48. The Kier molecular flexibility index (Phi) is 2.05. The van der Waals surface area contributed by atoms with E-state index in [0.29, 0.717) is 5.92 Å². The van der Waals surface area contributed by atoms with Crippen molar-refractivity contribution in [3.63, 3.8) is 0 Å². The first-order valence-corrected chi connectivity index (χ1v) is 4.60. The zero-order chi connectivity index (χ0) is 9.26. The second-order valence-corrected chi connectivity index (χ2v) is 3.72. The predicted octanol–water partition coefficient (Wildman–Crippen LogP) is 3.03. The molecule has 2 heteroatoms. The van der Waals surface area contributed by atoms with Crippen LogP contribution >= 0.6 is 0 Å². The predicted molar refractivity (Wildman–Crippen MR) is 52.6 cm³/mol. The van der Waals surface area contributed by atoms with Crippen LogP contribution in [0.2, 0.25) is 0 Å². The minimum atomic E-state index is 0.619. The maximum absolute atomic E-state index is 5.20. The first-order valence-electron chi connectivity index (χ1n) is 4.60. The van der Waals surface area contributed by atoms with Gasteiger partial charge in [-0.3, -0.25) is 0 Å². The van der Waals surface area contributed by atoms with E-state index >= 15 is 0 Å². The van der Waals surface area contributed by atoms with Crippen molar-refractivity contribution >= 4 is 11.0 Å². The molecule has 1 heterocycles. The van der Waals surface area contributed by atoms with Gasteiger partial charge in [0.15, 0.2) is 5.58 Å². The molecule has 0 amide bonds. The Balaban J connectivity index is 2.46. The number of rotatable bonds is 2. The van der Waals surface area contributed by atoms with Crippen molar-refractivity contribution in [3.8, 4) is 0 Å². The summed E-state index contributed by atoms with van der Waals surface area (Å²) in [6.45, 7) is 4.37. The van der Waals surface area contributed by atoms with Gasteiger partial charge in [0.25, 0.3) is 0 Å². The van der Waals surface area contributed by atoms with Crippen LogP contribution in [-0.2, 0) is 6.42 Å². The highest BCUT2D eigenvalue weighted by Gasteiger charge is 2.07. The number of hydrogen-bond donors (Lipinski definition) is 0. The average molecular weight is 175 g/mol. The summed E-state index contributed by atoms with van der Waals surface area (Å²) in [5, 5.41) is 5.21. The van der Waals surface area contributed by atoms with Crippen LogP contribution in [-0.4, -0.2) is 5.16 Å². The van der Waals surface area contributed by atoms with Crippen LogP contribution in [0, 0.1) is 5.92 Å². The summed E-state index contributed by atoms with van der Waals surface area (Å²) in [6, 6.07) is 7.99. The van der Waals surface area contributed by atoms with Crippen molar-refractivity contribution in [2.24, 2.45) is 5.92 Å². The second-order valence-electron chi connectivity index (χ2n) is 3.72. The number of nitrogens with zero attached hydrogens (tertiary/aromatic N) is 1. The van der Waals surface area contributed by atoms with Gasteiger partial charge >= 0.3 is 0 Å². The van der Waals surface area contributed by atoms with Crippen LogP contribution in [0.25, 0.3) is 11.0 Å². The van der Waals surface area contributed by atoms with Crippen molar-refractivity contribution < 1.29 is 4.52 Å². The monoisotopic (exact) mass is 175 g/mol. The van der Waals surface area contributed by atoms with E-state index in [1.807, 2.05) is 18.2 Å². The highest BCUT2D eigenvalue weighted by Crippen LogP contribution is 2.19. The zero-order valence-corrected chi connectivity index (χ0v) is 7.95. The van der Waals surface area contributed by atoms with Gasteiger partial charge in [-0.25, -0.2) is 0 Å². The first kappa shape index (κ1) is 8.30. The van der Waals surface area contributed by atoms with E-state index in [9.17, 15) is 0 Å². The van der Waals surface area contributed by atoms with Crippen LogP contribution < -0.4 is 0 Å². The molecule has 0 aliphatic rings. The second kappa shape index (κ2) is 3.21. The lowest BCUT2D eigenvalue weighted by Gasteiger charge is -1.98. The number of benzene rings is 1. The van der Waals surface area contributed by atoms with E-state index in [2.05, 4.69) is 25.1 Å². The molecule has 0 aliphatic heterocycles. The Morgan fingerprint density at radius 1 is 1.31 bits per heavy atom. The number of aromatic nitrogens is 1. The molecule has 68 valence electrons. The summed E-state index contributed by atoms with van der Waals surface area (Å²) in [5.74, 6) is 0.619. The molecular formula is C11H13NO. The van der Waals surface area contributed by atoms with Crippen molar-refractivity contribution in [2.45, 2.75) is 20.3 Å². The molecule has 0 aliphatic carbocycles. The van der Waals surface area contributed by atoms with Crippen LogP contribution in [0.4, 0.5) is 0 Å². The van der Waals surface area contributed by atoms with E-state index < -0.39 is 0 Å². The minimum absolute atomic E-state index is 0.619. The minimum Gasteiger partial charge on any atom is -0.356 e. The van der Waals surface area contributed by atoms with Crippen LogP contribution in [0.15, 0.2) is 28.8 Å². The molecule has 1 aromatic heterocycles. The Hall–Kier alpha value is -1.31. The number of para-hydroxylation sites is 1. The number of fused-ring (bicyclic) bond motifs is 1. The maximum Gasteiger partial charge on any atom is 0.167 e. The molecule has 2 nitrogen and oxygen atoms in total. The van der Waals surface area contributed by atoms with E-state index in [0.717, 1.165) is 23.1 Å². The van der Waals surface area contributed by atoms with Gasteiger partial charge in [0.05, 0.1) is 5.69 Å². The SMILES string of the molecule is CC(C)Cc1noc2ccccc12. The van der Waals surface area contributed by atoms with Gasteiger partial charge in [-0.1, -0.05) is 31.1 Å². The third-order valence-corrected chi connectivity index (χ3v) is 2.05. The molecule has 0 saturated carbocycles. The molecule has 13 heavy (non-hydrogen) atoms. The molecule has 0 spiro atoms. The van der Waals surface area contributed by atoms with Gasteiger partial charge in [0, 0.05) is 5.39 Å². The van der Waals surface area contributed by atoms with Gasteiger partial charge in [0.2, 0.25) is 0 Å². The van der Waals surface area contributed by atoms with Gasteiger partial charge in [-0.05, 0) is 24.5 Å². The Bertz CT molecular complexity index is 403. The number of hydrogen-bond acceptors (Lipinski definition) is 2. The van der Waals surface area contributed by atoms with E-state index in [-0.39, 0.29) is 0 Å². The topological polar surface area (TPSA) is 26.0 Å². The van der Waals surface area contributed by atoms with Gasteiger partial charge in [0.1, 0.15) is 0 Å². The lowest BCUT2D eigenvalue weighted by Crippen LogP contribution is -1.93. The van der Waals surface area contributed by atoms with Crippen LogP contribution in [0.5, 0.6) is 0 Å². The fraction of sp³-hybridized carbons (Fsp3) is 0.364. The zero-order valence-electron chi connectivity index (χ0n) is 7.95. The van der Waals surface area contributed by atoms with Gasteiger partial charge in [-0.15, -0.1) is 0 Å². The lowest BCUT2D eigenvalue weighted by molar-refractivity contribution is 0.439. The molecule has 2 rings (SSSR count). The Labute approximate surface area is 77.5 Å². The normalized spacial score (nSPS) is 11.3. The van der Waals surface area contributed by atoms with Crippen molar-refractivity contribution in [3.05, 3.63) is 30.0 Å². The van der Waals surface area contributed by atoms with Crippen LogP contribution in [0.1, 0.15) is 19.5 Å². The molecule has 2 aromatic rings. The fourth-order valence-corrected chi connectivity index (χ4v) is 1.47. The summed E-state index contributed by atoms with van der Waals surface area (Å²) < 4.78 is 5.20. The van der Waals surface area contributed by atoms with Crippen molar-refractivity contribution in [1.29, 1.82) is 0 Å². The van der Waals surface area contributed by atoms with E-state index in [1.165, 1.54) is 0 Å². The van der Waals surface area contributed by atoms with Gasteiger partial charge in [-0.2, -0.15) is 0 Å². The Morgan fingerprint density at radius 2 is 2.08 bits per heavy atom. The van der Waals surface area contributed by atoms with Gasteiger partial charge < -0.3 is 4.52 Å². The first-order chi connectivity index (χ1) is 6.27. The summed E-state index contributed by atoms with van der Waals surface area (Å²) in [5.41, 5.74) is 1.96. The fourth-order valence-electron chi connectivity index (χ4n) is 1.47. The van der Waals surface area contributed by atoms with E-state index in [1.54, 1.807) is 0 Å². The molecule has 0 saturated heterocycles. The summed E-state index contributed by atoms with van der Waals surface area (Å²) >= 11 is 0. The lowest BCUT2D eigenvalue weighted by atomic mass is 10.1. The molecule has 0 atom stereocenters. The molecule has 0 radical (unpaired) electrons. The standard InChI is InChI=1S/C11H13NO/c1-8(2)7-10-9-5-3-4-6-11(9)13-12-10/h3-6,8H,7H2,1-2H3. The quantitative estimate of drug-likeness (QED) is 0.701. The van der Waals surface area contributed by atoms with Crippen molar-refractivity contribution in [2.75, 3.05) is 0 Å². The smallest absolute Gasteiger partial charge is 0.167 e. The third-order valence-electron chi connectivity index (χ3n) is 2.05. The highest BCUT2D eigenvalue weighted by atomic mass is 16.5. The third kappa shape index (κ3) is 1.57. The van der Waals surface area contributed by atoms with Crippen molar-refractivity contribution in [1.82, 2.24) is 5.16 Å². The molecule has 0 N–H and O–H groups in total. The maximum atomic E-state index is 5.20. The molecule has 1 aromatic carbocycles. The summed E-state index contributed by atoms with van der Waals surface area (Å²) in [4.78, 5) is 0. The molecular weight excluding hydrogens is 162 g/mol. The highest BCUT2D eigenvalue weighted by molar-refractivity contribution is 5.79. The molecule has 0 unspecified atom stereocenters. The Morgan fingerprint density at radius 3 is 2.85 bits per heavy atom. The molecule has 0 fully saturated rings. The molecule has 0 bridgehead atoms. The summed E-state index contributed by atoms with van der Waals surface area (Å²) in [6.07, 6.45) is 0.983. The largest absolute Gasteiger partial charge is 0.356 e. The van der Waals surface area contributed by atoms with Crippen LogP contribution in [0.3, 0.4) is 0 Å². The summed E-state index contributed by atoms with van der Waals surface area (Å²) in [7, 11) is 0. The van der Waals surface area contributed by atoms with E-state index in [4.69, 9.17) is 4.52 Å².